The summed E-state index contributed by atoms with van der Waals surface area (Å²) in [6, 6.07) is 0. The highest BCUT2D eigenvalue weighted by atomic mass is 35.5. The first-order chi connectivity index (χ1) is 8.13. The molecule has 0 radical (unpaired) electrons. The molecule has 94 valence electrons. The van der Waals surface area contributed by atoms with Gasteiger partial charge in [0.05, 0.1) is 5.02 Å². The molecule has 1 unspecified atom stereocenters. The molecule has 1 amide bonds. The summed E-state index contributed by atoms with van der Waals surface area (Å²) in [6.45, 7) is 3.57. The second-order valence-electron chi connectivity index (χ2n) is 4.45. The standard InChI is InChI=1S/C12H15Cl2NOS/c1-8-7-17-11(10(8)14)12(16)15-5-3-9(6-15)2-4-13/h7,9H,2-6H2,1H3. The van der Waals surface area contributed by atoms with Crippen LogP contribution in [0.2, 0.25) is 5.02 Å². The van der Waals surface area contributed by atoms with Gasteiger partial charge in [-0.3, -0.25) is 4.79 Å². The molecule has 5 heteroatoms. The van der Waals surface area contributed by atoms with Crippen LogP contribution in [0.25, 0.3) is 0 Å². The van der Waals surface area contributed by atoms with Gasteiger partial charge in [0.1, 0.15) is 4.88 Å². The van der Waals surface area contributed by atoms with Gasteiger partial charge in [-0.1, -0.05) is 11.6 Å². The van der Waals surface area contributed by atoms with Crippen molar-refractivity contribution in [1.82, 2.24) is 4.90 Å². The Morgan fingerprint density at radius 1 is 1.65 bits per heavy atom. The van der Waals surface area contributed by atoms with E-state index in [1.165, 1.54) is 11.3 Å². The summed E-state index contributed by atoms with van der Waals surface area (Å²) in [5.41, 5.74) is 0.983. The van der Waals surface area contributed by atoms with Crippen molar-refractivity contribution in [3.8, 4) is 0 Å². The lowest BCUT2D eigenvalue weighted by Gasteiger charge is -2.15. The monoisotopic (exact) mass is 291 g/mol. The molecule has 2 heterocycles. The Balaban J connectivity index is 2.04. The predicted octanol–water partition coefficient (Wildman–Crippen LogP) is 3.80. The lowest BCUT2D eigenvalue weighted by molar-refractivity contribution is 0.0792. The maximum absolute atomic E-state index is 12.2. The van der Waals surface area contributed by atoms with Crippen LogP contribution in [0, 0.1) is 12.8 Å². The largest absolute Gasteiger partial charge is 0.338 e. The normalized spacial score (nSPS) is 19.9. The Labute approximate surface area is 116 Å². The number of aryl methyl sites for hydroxylation is 1. The summed E-state index contributed by atoms with van der Waals surface area (Å²) >= 11 is 13.3. The van der Waals surface area contributed by atoms with Crippen molar-refractivity contribution in [3.63, 3.8) is 0 Å². The molecule has 1 fully saturated rings. The van der Waals surface area contributed by atoms with E-state index >= 15 is 0 Å². The summed E-state index contributed by atoms with van der Waals surface area (Å²) in [4.78, 5) is 14.8. The first-order valence-corrected chi connectivity index (χ1v) is 7.51. The molecule has 0 N–H and O–H groups in total. The average molecular weight is 292 g/mol. The fourth-order valence-corrected chi connectivity index (χ4v) is 3.67. The van der Waals surface area contributed by atoms with Crippen molar-refractivity contribution in [2.75, 3.05) is 19.0 Å². The zero-order chi connectivity index (χ0) is 12.4. The summed E-state index contributed by atoms with van der Waals surface area (Å²) in [5, 5.41) is 2.54. The number of carbonyl (C=O) groups excluding carboxylic acids is 1. The highest BCUT2D eigenvalue weighted by Crippen LogP contribution is 2.30. The van der Waals surface area contributed by atoms with E-state index in [1.54, 1.807) is 0 Å². The first kappa shape index (κ1) is 13.2. The number of nitrogens with zero attached hydrogens (tertiary/aromatic N) is 1. The molecule has 1 aliphatic heterocycles. The maximum atomic E-state index is 12.2. The van der Waals surface area contributed by atoms with Gasteiger partial charge in [-0.15, -0.1) is 22.9 Å². The minimum Gasteiger partial charge on any atom is -0.338 e. The zero-order valence-electron chi connectivity index (χ0n) is 9.71. The molecule has 0 spiro atoms. The molecular weight excluding hydrogens is 277 g/mol. The second kappa shape index (κ2) is 5.59. The Kier molecular flexibility index (Phi) is 4.34. The van der Waals surface area contributed by atoms with Crippen LogP contribution in [0.15, 0.2) is 5.38 Å². The van der Waals surface area contributed by atoms with Crippen molar-refractivity contribution < 1.29 is 4.79 Å². The van der Waals surface area contributed by atoms with Crippen molar-refractivity contribution in [3.05, 3.63) is 20.8 Å². The quantitative estimate of drug-likeness (QED) is 0.776. The third-order valence-corrected chi connectivity index (χ3v) is 5.09. The fraction of sp³-hybridized carbons (Fsp3) is 0.583. The molecule has 0 aliphatic carbocycles. The van der Waals surface area contributed by atoms with Crippen LogP contribution in [-0.4, -0.2) is 29.8 Å². The van der Waals surface area contributed by atoms with E-state index in [0.717, 1.165) is 31.5 Å². The Morgan fingerprint density at radius 3 is 3.00 bits per heavy atom. The van der Waals surface area contributed by atoms with Crippen molar-refractivity contribution in [2.24, 2.45) is 5.92 Å². The molecule has 1 aromatic rings. The Bertz CT molecular complexity index is 419. The summed E-state index contributed by atoms with van der Waals surface area (Å²) < 4.78 is 0. The molecule has 17 heavy (non-hydrogen) atoms. The SMILES string of the molecule is Cc1csc(C(=O)N2CCC(CCCl)C2)c1Cl. The molecule has 0 bridgehead atoms. The molecule has 1 aromatic heterocycles. The van der Waals surface area contributed by atoms with E-state index < -0.39 is 0 Å². The van der Waals surface area contributed by atoms with Crippen molar-refractivity contribution in [2.45, 2.75) is 19.8 Å². The topological polar surface area (TPSA) is 20.3 Å². The molecule has 0 aromatic carbocycles. The number of hydrogen-bond donors (Lipinski definition) is 0. The summed E-state index contributed by atoms with van der Waals surface area (Å²) in [7, 11) is 0. The number of likely N-dealkylation sites (tertiary alicyclic amines) is 1. The van der Waals surface area contributed by atoms with Gasteiger partial charge in [0.2, 0.25) is 0 Å². The van der Waals surface area contributed by atoms with Crippen LogP contribution < -0.4 is 0 Å². The highest BCUT2D eigenvalue weighted by molar-refractivity contribution is 7.13. The van der Waals surface area contributed by atoms with Crippen LogP contribution in [0.5, 0.6) is 0 Å². The molecule has 1 atom stereocenters. The minimum atomic E-state index is 0.0742. The summed E-state index contributed by atoms with van der Waals surface area (Å²) in [6.07, 6.45) is 2.04. The van der Waals surface area contributed by atoms with Gasteiger partial charge in [0.15, 0.2) is 0 Å². The van der Waals surface area contributed by atoms with Gasteiger partial charge in [-0.05, 0) is 36.6 Å². The average Bonchev–Trinajstić information content (AvgIpc) is 2.88. The third kappa shape index (κ3) is 2.78. The Morgan fingerprint density at radius 2 is 2.41 bits per heavy atom. The van der Waals surface area contributed by atoms with E-state index in [9.17, 15) is 4.79 Å². The zero-order valence-corrected chi connectivity index (χ0v) is 12.0. The number of carbonyl (C=O) groups is 1. The third-order valence-electron chi connectivity index (χ3n) is 3.18. The van der Waals surface area contributed by atoms with Crippen LogP contribution in [-0.2, 0) is 0 Å². The molecule has 2 nitrogen and oxygen atoms in total. The second-order valence-corrected chi connectivity index (χ2v) is 6.08. The van der Waals surface area contributed by atoms with Gasteiger partial charge in [-0.2, -0.15) is 0 Å². The smallest absolute Gasteiger partial charge is 0.265 e. The van der Waals surface area contributed by atoms with E-state index in [-0.39, 0.29) is 5.91 Å². The number of rotatable bonds is 3. The summed E-state index contributed by atoms with van der Waals surface area (Å²) in [5.74, 6) is 1.30. The number of amides is 1. The predicted molar refractivity (Wildman–Crippen MR) is 73.4 cm³/mol. The van der Waals surface area contributed by atoms with Crippen LogP contribution in [0.1, 0.15) is 28.1 Å². The van der Waals surface area contributed by atoms with Crippen molar-refractivity contribution >= 4 is 40.4 Å². The lowest BCUT2D eigenvalue weighted by atomic mass is 10.1. The molecule has 0 saturated carbocycles. The van der Waals surface area contributed by atoms with Gasteiger partial charge in [0, 0.05) is 19.0 Å². The number of hydrogen-bond acceptors (Lipinski definition) is 2. The first-order valence-electron chi connectivity index (χ1n) is 5.72. The molecule has 1 saturated heterocycles. The van der Waals surface area contributed by atoms with Crippen LogP contribution in [0.3, 0.4) is 0 Å². The molecule has 2 rings (SSSR count). The number of alkyl halides is 1. The molecular formula is C12H15Cl2NOS. The maximum Gasteiger partial charge on any atom is 0.265 e. The van der Waals surface area contributed by atoms with Gasteiger partial charge in [0.25, 0.3) is 5.91 Å². The van der Waals surface area contributed by atoms with Crippen molar-refractivity contribution in [1.29, 1.82) is 0 Å². The van der Waals surface area contributed by atoms with Gasteiger partial charge < -0.3 is 4.90 Å². The number of halogens is 2. The van der Waals surface area contributed by atoms with Gasteiger partial charge in [-0.25, -0.2) is 0 Å². The van der Waals surface area contributed by atoms with Gasteiger partial charge >= 0.3 is 0 Å². The van der Waals surface area contributed by atoms with Crippen LogP contribution >= 0.6 is 34.5 Å². The fourth-order valence-electron chi connectivity index (χ4n) is 2.12. The number of thiophene rings is 1. The van der Waals surface area contributed by atoms with E-state index in [2.05, 4.69) is 0 Å². The van der Waals surface area contributed by atoms with E-state index in [4.69, 9.17) is 23.2 Å². The van der Waals surface area contributed by atoms with E-state index in [0.29, 0.717) is 21.7 Å². The lowest BCUT2D eigenvalue weighted by Crippen LogP contribution is -2.28. The molecule has 1 aliphatic rings. The Hall–Kier alpha value is -0.250. The van der Waals surface area contributed by atoms with E-state index in [1.807, 2.05) is 17.2 Å². The minimum absolute atomic E-state index is 0.0742. The highest BCUT2D eigenvalue weighted by Gasteiger charge is 2.28. The van der Waals surface area contributed by atoms with Crippen LogP contribution in [0.4, 0.5) is 0 Å².